The van der Waals surface area contributed by atoms with Crippen LogP contribution in [-0.2, 0) is 0 Å². The van der Waals surface area contributed by atoms with Crippen LogP contribution >= 0.6 is 0 Å². The van der Waals surface area contributed by atoms with Crippen LogP contribution in [0.4, 0.5) is 16.3 Å². The lowest BCUT2D eigenvalue weighted by Crippen LogP contribution is -2.48. The normalized spacial score (nSPS) is 14.9. The summed E-state index contributed by atoms with van der Waals surface area (Å²) in [6, 6.07) is 9.63. The lowest BCUT2D eigenvalue weighted by atomic mass is 10.0. The number of ether oxygens (including phenoxy) is 1. The number of aromatic nitrogens is 3. The first kappa shape index (κ1) is 24.4. The summed E-state index contributed by atoms with van der Waals surface area (Å²) in [5, 5.41) is 6.48. The first-order chi connectivity index (χ1) is 17.1. The number of likely N-dealkylation sites (N-methyl/N-ethyl adjacent to an activating group) is 1. The van der Waals surface area contributed by atoms with Crippen molar-refractivity contribution in [3.8, 4) is 17.0 Å². The maximum Gasteiger partial charge on any atom is 0.322 e. The van der Waals surface area contributed by atoms with Crippen molar-refractivity contribution in [1.29, 1.82) is 0 Å². The number of anilines is 2. The van der Waals surface area contributed by atoms with Crippen LogP contribution in [0.25, 0.3) is 11.3 Å². The molecule has 1 atom stereocenters. The highest BCUT2D eigenvalue weighted by Gasteiger charge is 2.20. The molecule has 2 N–H and O–H groups in total. The Hall–Kier alpha value is -3.72. The number of piperazine rings is 1. The number of benzene rings is 1. The van der Waals surface area contributed by atoms with Crippen LogP contribution in [0, 0.1) is 0 Å². The first-order valence-corrected chi connectivity index (χ1v) is 12.0. The third kappa shape index (κ3) is 6.24. The Balaban J connectivity index is 1.50. The molecule has 1 aliphatic heterocycles. The van der Waals surface area contributed by atoms with E-state index in [2.05, 4.69) is 45.5 Å². The SMILES string of the molecule is CCCC(Nc1cncc(-c2ccc(NC(=O)N3CCN(C)CC3)c(OC)c2)n1)c1cccnc1. The van der Waals surface area contributed by atoms with Crippen LogP contribution < -0.4 is 15.4 Å². The Morgan fingerprint density at radius 1 is 1.11 bits per heavy atom. The van der Waals surface area contributed by atoms with E-state index in [1.165, 1.54) is 0 Å². The predicted molar refractivity (Wildman–Crippen MR) is 138 cm³/mol. The van der Waals surface area contributed by atoms with Crippen molar-refractivity contribution in [2.24, 2.45) is 0 Å². The van der Waals surface area contributed by atoms with Gasteiger partial charge in [-0.3, -0.25) is 9.97 Å². The summed E-state index contributed by atoms with van der Waals surface area (Å²) < 4.78 is 5.59. The molecule has 0 aliphatic carbocycles. The first-order valence-electron chi connectivity index (χ1n) is 12.0. The number of carbonyl (C=O) groups excluding carboxylic acids is 1. The van der Waals surface area contributed by atoms with Crippen molar-refractivity contribution in [2.75, 3.05) is 51.0 Å². The van der Waals surface area contributed by atoms with E-state index in [1.807, 2.05) is 35.4 Å². The molecule has 4 rings (SSSR count). The van der Waals surface area contributed by atoms with Crippen molar-refractivity contribution < 1.29 is 9.53 Å². The van der Waals surface area contributed by atoms with E-state index >= 15 is 0 Å². The zero-order valence-electron chi connectivity index (χ0n) is 20.6. The second kappa shape index (κ2) is 11.6. The van der Waals surface area contributed by atoms with Crippen molar-refractivity contribution in [3.05, 3.63) is 60.7 Å². The molecule has 0 spiro atoms. The number of rotatable bonds is 8. The van der Waals surface area contributed by atoms with Gasteiger partial charge in [-0.25, -0.2) is 9.78 Å². The molecule has 184 valence electrons. The van der Waals surface area contributed by atoms with Crippen molar-refractivity contribution in [1.82, 2.24) is 24.8 Å². The van der Waals surface area contributed by atoms with Gasteiger partial charge in [-0.1, -0.05) is 25.5 Å². The van der Waals surface area contributed by atoms with E-state index in [9.17, 15) is 4.79 Å². The number of hydrogen-bond acceptors (Lipinski definition) is 7. The Morgan fingerprint density at radius 2 is 1.94 bits per heavy atom. The van der Waals surface area contributed by atoms with Gasteiger partial charge < -0.3 is 25.2 Å². The molecule has 1 saturated heterocycles. The minimum Gasteiger partial charge on any atom is -0.495 e. The molecular weight excluding hydrogens is 442 g/mol. The summed E-state index contributed by atoms with van der Waals surface area (Å²) in [7, 11) is 3.66. The van der Waals surface area contributed by atoms with Crippen molar-refractivity contribution in [2.45, 2.75) is 25.8 Å². The van der Waals surface area contributed by atoms with Crippen molar-refractivity contribution in [3.63, 3.8) is 0 Å². The number of nitrogens with one attached hydrogen (secondary N) is 2. The zero-order chi connectivity index (χ0) is 24.6. The molecule has 1 unspecified atom stereocenters. The van der Waals surface area contributed by atoms with Crippen LogP contribution in [0.15, 0.2) is 55.1 Å². The van der Waals surface area contributed by atoms with Gasteiger partial charge in [-0.2, -0.15) is 0 Å². The Morgan fingerprint density at radius 3 is 2.66 bits per heavy atom. The average molecular weight is 476 g/mol. The fourth-order valence-corrected chi connectivity index (χ4v) is 4.10. The number of amides is 2. The monoisotopic (exact) mass is 475 g/mol. The lowest BCUT2D eigenvalue weighted by molar-refractivity contribution is 0.164. The fraction of sp³-hybridized carbons (Fsp3) is 0.385. The van der Waals surface area contributed by atoms with E-state index in [0.29, 0.717) is 36.0 Å². The van der Waals surface area contributed by atoms with E-state index in [-0.39, 0.29) is 12.1 Å². The molecule has 9 nitrogen and oxygen atoms in total. The molecule has 0 saturated carbocycles. The van der Waals surface area contributed by atoms with Crippen molar-refractivity contribution >= 4 is 17.5 Å². The Labute approximate surface area is 206 Å². The average Bonchev–Trinajstić information content (AvgIpc) is 2.89. The summed E-state index contributed by atoms with van der Waals surface area (Å²) >= 11 is 0. The molecule has 9 heteroatoms. The molecule has 1 aromatic carbocycles. The van der Waals surface area contributed by atoms with E-state index < -0.39 is 0 Å². The zero-order valence-corrected chi connectivity index (χ0v) is 20.6. The van der Waals surface area contributed by atoms with Gasteiger partial charge in [0, 0.05) is 44.1 Å². The molecule has 3 heterocycles. The quantitative estimate of drug-likeness (QED) is 0.502. The van der Waals surface area contributed by atoms with Gasteiger partial charge in [0.2, 0.25) is 0 Å². The predicted octanol–water partition coefficient (Wildman–Crippen LogP) is 4.28. The Kier molecular flexibility index (Phi) is 8.10. The van der Waals surface area contributed by atoms with Gasteiger partial charge in [0.1, 0.15) is 11.6 Å². The molecule has 35 heavy (non-hydrogen) atoms. The molecule has 2 amide bonds. The largest absolute Gasteiger partial charge is 0.495 e. The lowest BCUT2D eigenvalue weighted by Gasteiger charge is -2.32. The van der Waals surface area contributed by atoms with Gasteiger partial charge in [0.05, 0.1) is 36.9 Å². The van der Waals surface area contributed by atoms with E-state index in [1.54, 1.807) is 25.7 Å². The number of pyridine rings is 1. The third-order valence-corrected chi connectivity index (χ3v) is 6.15. The number of methoxy groups -OCH3 is 1. The van der Waals surface area contributed by atoms with Gasteiger partial charge in [-0.05, 0) is 37.2 Å². The minimum absolute atomic E-state index is 0.0972. The number of nitrogens with zero attached hydrogens (tertiary/aromatic N) is 5. The second-order valence-corrected chi connectivity index (χ2v) is 8.70. The van der Waals surface area contributed by atoms with Gasteiger partial charge >= 0.3 is 6.03 Å². The standard InChI is InChI=1S/C26H33N7O2/c1-4-6-21(20-7-5-10-27-16-20)29-25-18-28-17-23(30-25)19-8-9-22(24(15-19)35-3)31-26(34)33-13-11-32(2)12-14-33/h5,7-10,15-18,21H,4,6,11-14H2,1-3H3,(H,29,30)(H,31,34). The summed E-state index contributed by atoms with van der Waals surface area (Å²) in [5.41, 5.74) is 3.31. The summed E-state index contributed by atoms with van der Waals surface area (Å²) in [4.78, 5) is 30.2. The highest BCUT2D eigenvalue weighted by Crippen LogP contribution is 2.31. The fourth-order valence-electron chi connectivity index (χ4n) is 4.10. The molecule has 0 radical (unpaired) electrons. The summed E-state index contributed by atoms with van der Waals surface area (Å²) in [6.07, 6.45) is 9.08. The maximum absolute atomic E-state index is 12.7. The highest BCUT2D eigenvalue weighted by molar-refractivity contribution is 5.91. The molecule has 3 aromatic rings. The number of urea groups is 1. The Bertz CT molecular complexity index is 1120. The maximum atomic E-state index is 12.7. The smallest absolute Gasteiger partial charge is 0.322 e. The number of carbonyl (C=O) groups is 1. The summed E-state index contributed by atoms with van der Waals surface area (Å²) in [6.45, 7) is 5.30. The molecule has 1 fully saturated rings. The summed E-state index contributed by atoms with van der Waals surface area (Å²) in [5.74, 6) is 1.26. The van der Waals surface area contributed by atoms with Crippen LogP contribution in [0.3, 0.4) is 0 Å². The van der Waals surface area contributed by atoms with E-state index in [0.717, 1.165) is 37.1 Å². The topological polar surface area (TPSA) is 95.5 Å². The van der Waals surface area contributed by atoms with Gasteiger partial charge in [0.15, 0.2) is 0 Å². The van der Waals surface area contributed by atoms with Crippen LogP contribution in [0.2, 0.25) is 0 Å². The minimum atomic E-state index is -0.118. The van der Waals surface area contributed by atoms with Crippen LogP contribution in [-0.4, -0.2) is 71.1 Å². The van der Waals surface area contributed by atoms with E-state index in [4.69, 9.17) is 9.72 Å². The third-order valence-electron chi connectivity index (χ3n) is 6.15. The molecule has 1 aliphatic rings. The highest BCUT2D eigenvalue weighted by atomic mass is 16.5. The molecular formula is C26H33N7O2. The molecule has 2 aromatic heterocycles. The number of hydrogen-bond donors (Lipinski definition) is 2. The van der Waals surface area contributed by atoms with Gasteiger partial charge in [-0.15, -0.1) is 0 Å². The second-order valence-electron chi connectivity index (χ2n) is 8.70. The van der Waals surface area contributed by atoms with Gasteiger partial charge in [0.25, 0.3) is 0 Å². The van der Waals surface area contributed by atoms with Crippen LogP contribution in [0.1, 0.15) is 31.4 Å². The molecule has 0 bridgehead atoms. The van der Waals surface area contributed by atoms with Crippen LogP contribution in [0.5, 0.6) is 5.75 Å².